The maximum absolute atomic E-state index is 3.61. The molecule has 0 saturated heterocycles. The van der Waals surface area contributed by atoms with Gasteiger partial charge in [-0.25, -0.2) is 0 Å². The second-order valence-electron chi connectivity index (χ2n) is 6.07. The average Bonchev–Trinajstić information content (AvgIpc) is 2.52. The minimum absolute atomic E-state index is 0.474. The molecule has 1 atom stereocenters. The van der Waals surface area contributed by atoms with Crippen molar-refractivity contribution < 1.29 is 0 Å². The third kappa shape index (κ3) is 4.71. The van der Waals surface area contributed by atoms with E-state index in [0.29, 0.717) is 6.04 Å². The van der Waals surface area contributed by atoms with Crippen LogP contribution in [0.2, 0.25) is 0 Å². The highest BCUT2D eigenvalue weighted by Gasteiger charge is 2.11. The first-order valence-corrected chi connectivity index (χ1v) is 8.09. The molecule has 112 valence electrons. The summed E-state index contributed by atoms with van der Waals surface area (Å²) in [7, 11) is 0. The predicted octanol–water partition coefficient (Wildman–Crippen LogP) is 5.44. The lowest BCUT2D eigenvalue weighted by Crippen LogP contribution is -2.21. The summed E-state index contributed by atoms with van der Waals surface area (Å²) in [6, 6.07) is 20.1. The summed E-state index contributed by atoms with van der Waals surface area (Å²) >= 11 is 0. The molecule has 1 unspecified atom stereocenters. The molecular weight excluding hydrogens is 254 g/mol. The van der Waals surface area contributed by atoms with Crippen LogP contribution in [0.3, 0.4) is 0 Å². The van der Waals surface area contributed by atoms with E-state index in [0.717, 1.165) is 12.5 Å². The molecule has 0 amide bonds. The van der Waals surface area contributed by atoms with E-state index in [1.165, 1.54) is 29.5 Å². The third-order valence-electron chi connectivity index (χ3n) is 3.90. The quantitative estimate of drug-likeness (QED) is 0.712. The van der Waals surface area contributed by atoms with Crippen LogP contribution in [-0.4, -0.2) is 6.54 Å². The van der Waals surface area contributed by atoms with Crippen LogP contribution in [0.1, 0.15) is 45.2 Å². The van der Waals surface area contributed by atoms with E-state index in [9.17, 15) is 0 Å². The SMILES string of the molecule is CCNC(CCC(C)C)c1ccc(-c2ccccc2)cc1. The molecule has 0 fully saturated rings. The molecular formula is C20H27N. The zero-order valence-corrected chi connectivity index (χ0v) is 13.5. The first kappa shape index (κ1) is 15.8. The number of hydrogen-bond acceptors (Lipinski definition) is 1. The molecule has 0 aromatic heterocycles. The second kappa shape index (κ2) is 7.99. The van der Waals surface area contributed by atoms with Crippen LogP contribution in [0.5, 0.6) is 0 Å². The number of nitrogens with one attached hydrogen (secondary N) is 1. The third-order valence-corrected chi connectivity index (χ3v) is 3.90. The van der Waals surface area contributed by atoms with Crippen molar-refractivity contribution in [2.45, 2.75) is 39.7 Å². The smallest absolute Gasteiger partial charge is 0.0320 e. The molecule has 2 rings (SSSR count). The molecule has 0 spiro atoms. The van der Waals surface area contributed by atoms with Crippen LogP contribution in [0.4, 0.5) is 0 Å². The van der Waals surface area contributed by atoms with E-state index in [1.807, 2.05) is 0 Å². The van der Waals surface area contributed by atoms with Crippen molar-refractivity contribution in [1.82, 2.24) is 5.32 Å². The summed E-state index contributed by atoms with van der Waals surface area (Å²) in [4.78, 5) is 0. The Kier molecular flexibility index (Phi) is 6.01. The van der Waals surface area contributed by atoms with Gasteiger partial charge < -0.3 is 5.32 Å². The largest absolute Gasteiger partial charge is 0.310 e. The van der Waals surface area contributed by atoms with E-state index >= 15 is 0 Å². The monoisotopic (exact) mass is 281 g/mol. The Morgan fingerprint density at radius 3 is 2.00 bits per heavy atom. The van der Waals surface area contributed by atoms with Gasteiger partial charge in [0.05, 0.1) is 0 Å². The van der Waals surface area contributed by atoms with Crippen LogP contribution in [-0.2, 0) is 0 Å². The van der Waals surface area contributed by atoms with E-state index in [1.54, 1.807) is 0 Å². The second-order valence-corrected chi connectivity index (χ2v) is 6.07. The van der Waals surface area contributed by atoms with Gasteiger partial charge in [0.15, 0.2) is 0 Å². The fraction of sp³-hybridized carbons (Fsp3) is 0.400. The zero-order chi connectivity index (χ0) is 15.1. The summed E-state index contributed by atoms with van der Waals surface area (Å²) in [5, 5.41) is 3.61. The van der Waals surface area contributed by atoms with Gasteiger partial charge in [0, 0.05) is 6.04 Å². The van der Waals surface area contributed by atoms with E-state index in [2.05, 4.69) is 80.7 Å². The summed E-state index contributed by atoms with van der Waals surface area (Å²) in [5.74, 6) is 0.759. The molecule has 0 aliphatic heterocycles. The molecule has 21 heavy (non-hydrogen) atoms. The van der Waals surface area contributed by atoms with Crippen molar-refractivity contribution in [1.29, 1.82) is 0 Å². The Morgan fingerprint density at radius 2 is 1.43 bits per heavy atom. The highest BCUT2D eigenvalue weighted by atomic mass is 14.9. The number of benzene rings is 2. The van der Waals surface area contributed by atoms with E-state index in [4.69, 9.17) is 0 Å². The lowest BCUT2D eigenvalue weighted by Gasteiger charge is -2.20. The first-order chi connectivity index (χ1) is 10.2. The van der Waals surface area contributed by atoms with Crippen molar-refractivity contribution >= 4 is 0 Å². The molecule has 0 aliphatic carbocycles. The maximum atomic E-state index is 3.61. The van der Waals surface area contributed by atoms with Gasteiger partial charge >= 0.3 is 0 Å². The lowest BCUT2D eigenvalue weighted by atomic mass is 9.95. The van der Waals surface area contributed by atoms with Gasteiger partial charge in [-0.1, -0.05) is 75.4 Å². The van der Waals surface area contributed by atoms with Crippen LogP contribution in [0, 0.1) is 5.92 Å². The molecule has 0 aliphatic rings. The summed E-state index contributed by atoms with van der Waals surface area (Å²) in [5.41, 5.74) is 3.97. The topological polar surface area (TPSA) is 12.0 Å². The van der Waals surface area contributed by atoms with Crippen LogP contribution < -0.4 is 5.32 Å². The lowest BCUT2D eigenvalue weighted by molar-refractivity contribution is 0.448. The molecule has 2 aromatic carbocycles. The molecule has 2 aromatic rings. The highest BCUT2D eigenvalue weighted by Crippen LogP contribution is 2.25. The highest BCUT2D eigenvalue weighted by molar-refractivity contribution is 5.63. The molecule has 0 heterocycles. The van der Waals surface area contributed by atoms with Crippen LogP contribution in [0.15, 0.2) is 54.6 Å². The molecule has 1 heteroatoms. The van der Waals surface area contributed by atoms with Crippen molar-refractivity contribution in [3.63, 3.8) is 0 Å². The Morgan fingerprint density at radius 1 is 0.810 bits per heavy atom. The minimum Gasteiger partial charge on any atom is -0.310 e. The summed E-state index contributed by atoms with van der Waals surface area (Å²) < 4.78 is 0. The van der Waals surface area contributed by atoms with Gasteiger partial charge in [0.2, 0.25) is 0 Å². The molecule has 0 radical (unpaired) electrons. The summed E-state index contributed by atoms with van der Waals surface area (Å²) in [6.45, 7) is 7.78. The normalized spacial score (nSPS) is 12.6. The molecule has 0 bridgehead atoms. The van der Waals surface area contributed by atoms with Crippen molar-refractivity contribution in [2.24, 2.45) is 5.92 Å². The van der Waals surface area contributed by atoms with Crippen molar-refractivity contribution in [3.8, 4) is 11.1 Å². The number of hydrogen-bond donors (Lipinski definition) is 1. The van der Waals surface area contributed by atoms with Gasteiger partial charge in [-0.05, 0) is 42.0 Å². The van der Waals surface area contributed by atoms with Gasteiger partial charge in [-0.2, -0.15) is 0 Å². The Bertz CT molecular complexity index is 513. The standard InChI is InChI=1S/C20H27N/c1-4-21-20(15-10-16(2)3)19-13-11-18(12-14-19)17-8-6-5-7-9-17/h5-9,11-14,16,20-21H,4,10,15H2,1-3H3. The minimum atomic E-state index is 0.474. The van der Waals surface area contributed by atoms with Crippen molar-refractivity contribution in [3.05, 3.63) is 60.2 Å². The van der Waals surface area contributed by atoms with Gasteiger partial charge in [-0.3, -0.25) is 0 Å². The fourth-order valence-electron chi connectivity index (χ4n) is 2.67. The van der Waals surface area contributed by atoms with E-state index < -0.39 is 0 Å². The van der Waals surface area contributed by atoms with E-state index in [-0.39, 0.29) is 0 Å². The predicted molar refractivity (Wildman–Crippen MR) is 92.4 cm³/mol. The van der Waals surface area contributed by atoms with Crippen molar-refractivity contribution in [2.75, 3.05) is 6.54 Å². The van der Waals surface area contributed by atoms with Crippen LogP contribution in [0.25, 0.3) is 11.1 Å². The Labute approximate surface area is 129 Å². The van der Waals surface area contributed by atoms with Crippen LogP contribution >= 0.6 is 0 Å². The maximum Gasteiger partial charge on any atom is 0.0320 e. The molecule has 1 N–H and O–H groups in total. The van der Waals surface area contributed by atoms with Gasteiger partial charge in [0.1, 0.15) is 0 Å². The molecule has 1 nitrogen and oxygen atoms in total. The van der Waals surface area contributed by atoms with Gasteiger partial charge in [0.25, 0.3) is 0 Å². The first-order valence-electron chi connectivity index (χ1n) is 8.09. The Hall–Kier alpha value is -1.60. The molecule has 0 saturated carbocycles. The average molecular weight is 281 g/mol. The van der Waals surface area contributed by atoms with Gasteiger partial charge in [-0.15, -0.1) is 0 Å². The fourth-order valence-corrected chi connectivity index (χ4v) is 2.67. The number of rotatable bonds is 7. The summed E-state index contributed by atoms with van der Waals surface area (Å²) in [6.07, 6.45) is 2.47. The Balaban J connectivity index is 2.11. The zero-order valence-electron chi connectivity index (χ0n) is 13.5.